The third kappa shape index (κ3) is 3.76. The van der Waals surface area contributed by atoms with Crippen molar-refractivity contribution < 1.29 is 0 Å². The quantitative estimate of drug-likeness (QED) is 0.904. The molecule has 5 nitrogen and oxygen atoms in total. The van der Waals surface area contributed by atoms with Gasteiger partial charge in [-0.1, -0.05) is 11.6 Å². The van der Waals surface area contributed by atoms with Crippen LogP contribution in [0.5, 0.6) is 0 Å². The molecule has 0 unspecified atom stereocenters. The molecule has 1 aliphatic rings. The largest absolute Gasteiger partial charge is 0.349 e. The van der Waals surface area contributed by atoms with Crippen LogP contribution in [0.15, 0.2) is 0 Å². The zero-order valence-electron chi connectivity index (χ0n) is 12.1. The Labute approximate surface area is 119 Å². The van der Waals surface area contributed by atoms with Gasteiger partial charge in [-0.05, 0) is 47.1 Å². The van der Waals surface area contributed by atoms with Gasteiger partial charge >= 0.3 is 0 Å². The number of halogens is 1. The van der Waals surface area contributed by atoms with E-state index >= 15 is 0 Å². The Kier molecular flexibility index (Phi) is 4.26. The second kappa shape index (κ2) is 5.59. The summed E-state index contributed by atoms with van der Waals surface area (Å²) < 4.78 is 0. The number of nitrogens with one attached hydrogen (secondary N) is 1. The molecule has 0 aliphatic carbocycles. The Balaban J connectivity index is 2.00. The normalized spacial score (nSPS) is 21.4. The van der Waals surface area contributed by atoms with Crippen molar-refractivity contribution in [1.82, 2.24) is 20.1 Å². The highest BCUT2D eigenvalue weighted by Gasteiger charge is 2.28. The highest BCUT2D eigenvalue weighted by molar-refractivity contribution is 6.29. The van der Waals surface area contributed by atoms with Crippen LogP contribution in [0.2, 0.25) is 5.15 Å². The minimum Gasteiger partial charge on any atom is -0.349 e. The highest BCUT2D eigenvalue weighted by Crippen LogP contribution is 2.21. The molecule has 2 rings (SSSR count). The fourth-order valence-corrected chi connectivity index (χ4v) is 2.42. The number of likely N-dealkylation sites (tertiary alicyclic amines) is 1. The molecule has 1 N–H and O–H groups in total. The Morgan fingerprint density at radius 2 is 2.05 bits per heavy atom. The maximum atomic E-state index is 5.83. The average molecular weight is 284 g/mol. The van der Waals surface area contributed by atoms with Crippen LogP contribution < -0.4 is 5.32 Å². The predicted molar refractivity (Wildman–Crippen MR) is 77.5 cm³/mol. The Bertz CT molecular complexity index is 443. The standard InChI is InChI=1S/C13H22ClN5/c1-9-11(14)17-18-12(15-9)16-10-6-5-7-19(8-10)13(2,3)4/h10H,5-8H2,1-4H3,(H,15,16,18)/t10-/m1/s1. The number of nitrogens with zero attached hydrogens (tertiary/aromatic N) is 4. The maximum absolute atomic E-state index is 5.83. The van der Waals surface area contributed by atoms with Gasteiger partial charge in [0.1, 0.15) is 0 Å². The van der Waals surface area contributed by atoms with E-state index in [2.05, 4.69) is 46.2 Å². The fourth-order valence-electron chi connectivity index (χ4n) is 2.34. The van der Waals surface area contributed by atoms with E-state index in [9.17, 15) is 0 Å². The third-order valence-corrected chi connectivity index (χ3v) is 3.86. The van der Waals surface area contributed by atoms with Crippen molar-refractivity contribution in [1.29, 1.82) is 0 Å². The molecule has 0 aromatic carbocycles. The van der Waals surface area contributed by atoms with E-state index in [1.54, 1.807) is 0 Å². The highest BCUT2D eigenvalue weighted by atomic mass is 35.5. The van der Waals surface area contributed by atoms with Gasteiger partial charge in [-0.15, -0.1) is 10.2 Å². The van der Waals surface area contributed by atoms with Crippen molar-refractivity contribution in [3.05, 3.63) is 10.8 Å². The summed E-state index contributed by atoms with van der Waals surface area (Å²) in [6, 6.07) is 0.371. The molecule has 6 heteroatoms. The van der Waals surface area contributed by atoms with Crippen LogP contribution in [-0.2, 0) is 0 Å². The molecular weight excluding hydrogens is 262 g/mol. The lowest BCUT2D eigenvalue weighted by Crippen LogP contribution is -2.50. The Morgan fingerprint density at radius 3 is 2.68 bits per heavy atom. The van der Waals surface area contributed by atoms with E-state index in [1.807, 2.05) is 6.92 Å². The summed E-state index contributed by atoms with van der Waals surface area (Å²) in [5.74, 6) is 0.572. The van der Waals surface area contributed by atoms with Gasteiger partial charge in [0.2, 0.25) is 5.95 Å². The minimum absolute atomic E-state index is 0.204. The maximum Gasteiger partial charge on any atom is 0.243 e. The number of anilines is 1. The summed E-state index contributed by atoms with van der Waals surface area (Å²) in [5, 5.41) is 11.6. The first-order chi connectivity index (χ1) is 8.86. The van der Waals surface area contributed by atoms with Crippen molar-refractivity contribution in [2.24, 2.45) is 0 Å². The van der Waals surface area contributed by atoms with Gasteiger partial charge in [0.15, 0.2) is 5.15 Å². The molecule has 1 fully saturated rings. The van der Waals surface area contributed by atoms with Gasteiger partial charge in [-0.3, -0.25) is 4.90 Å². The van der Waals surface area contributed by atoms with Gasteiger partial charge < -0.3 is 5.32 Å². The van der Waals surface area contributed by atoms with Crippen LogP contribution in [0.3, 0.4) is 0 Å². The number of hydrogen-bond donors (Lipinski definition) is 1. The number of piperidine rings is 1. The number of aryl methyl sites for hydroxylation is 1. The Hall–Kier alpha value is -0.940. The van der Waals surface area contributed by atoms with Crippen molar-refractivity contribution in [2.75, 3.05) is 18.4 Å². The topological polar surface area (TPSA) is 53.9 Å². The smallest absolute Gasteiger partial charge is 0.243 e. The number of hydrogen-bond acceptors (Lipinski definition) is 5. The lowest BCUT2D eigenvalue weighted by molar-refractivity contribution is 0.104. The summed E-state index contributed by atoms with van der Waals surface area (Å²) in [6.45, 7) is 10.7. The summed E-state index contributed by atoms with van der Waals surface area (Å²) >= 11 is 5.83. The predicted octanol–water partition coefficient (Wildman–Crippen LogP) is 2.51. The SMILES string of the molecule is Cc1nc(N[C@@H]2CCCN(C(C)(C)C)C2)nnc1Cl. The summed E-state index contributed by atoms with van der Waals surface area (Å²) in [6.07, 6.45) is 2.33. The van der Waals surface area contributed by atoms with E-state index in [0.717, 1.165) is 19.5 Å². The summed E-state index contributed by atoms with van der Waals surface area (Å²) in [4.78, 5) is 6.81. The van der Waals surface area contributed by atoms with Crippen LogP contribution in [0.1, 0.15) is 39.3 Å². The first-order valence-corrected chi connectivity index (χ1v) is 7.12. The molecule has 0 spiro atoms. The molecule has 1 aromatic heterocycles. The average Bonchev–Trinajstić information content (AvgIpc) is 2.33. The first kappa shape index (κ1) is 14.5. The van der Waals surface area contributed by atoms with Gasteiger partial charge in [0.25, 0.3) is 0 Å². The van der Waals surface area contributed by atoms with E-state index in [1.165, 1.54) is 6.42 Å². The monoisotopic (exact) mass is 283 g/mol. The molecule has 1 aromatic rings. The lowest BCUT2D eigenvalue weighted by atomic mass is 9.98. The second-order valence-electron chi connectivity index (χ2n) is 6.11. The van der Waals surface area contributed by atoms with Gasteiger partial charge in [-0.25, -0.2) is 4.98 Å². The van der Waals surface area contributed by atoms with E-state index in [0.29, 0.717) is 22.8 Å². The van der Waals surface area contributed by atoms with Crippen LogP contribution in [0.4, 0.5) is 5.95 Å². The van der Waals surface area contributed by atoms with E-state index in [4.69, 9.17) is 11.6 Å². The van der Waals surface area contributed by atoms with Crippen molar-refractivity contribution in [3.8, 4) is 0 Å². The zero-order valence-corrected chi connectivity index (χ0v) is 12.8. The molecule has 0 amide bonds. The minimum atomic E-state index is 0.204. The van der Waals surface area contributed by atoms with E-state index < -0.39 is 0 Å². The van der Waals surface area contributed by atoms with E-state index in [-0.39, 0.29) is 5.54 Å². The van der Waals surface area contributed by atoms with Crippen LogP contribution in [0, 0.1) is 6.92 Å². The van der Waals surface area contributed by atoms with Gasteiger partial charge in [-0.2, -0.15) is 0 Å². The third-order valence-electron chi connectivity index (χ3n) is 3.51. The first-order valence-electron chi connectivity index (χ1n) is 6.74. The zero-order chi connectivity index (χ0) is 14.0. The molecular formula is C13H22ClN5. The summed E-state index contributed by atoms with van der Waals surface area (Å²) in [5.41, 5.74) is 0.915. The fraction of sp³-hybridized carbons (Fsp3) is 0.769. The molecule has 1 atom stereocenters. The molecule has 19 heavy (non-hydrogen) atoms. The molecule has 2 heterocycles. The lowest BCUT2D eigenvalue weighted by Gasteiger charge is -2.41. The molecule has 1 aliphatic heterocycles. The molecule has 0 radical (unpaired) electrons. The Morgan fingerprint density at radius 1 is 1.32 bits per heavy atom. The van der Waals surface area contributed by atoms with Crippen LogP contribution >= 0.6 is 11.6 Å². The second-order valence-corrected chi connectivity index (χ2v) is 6.47. The molecule has 0 saturated carbocycles. The van der Waals surface area contributed by atoms with Crippen molar-refractivity contribution >= 4 is 17.5 Å². The van der Waals surface area contributed by atoms with Crippen molar-refractivity contribution in [2.45, 2.75) is 52.1 Å². The number of rotatable bonds is 2. The number of aromatic nitrogens is 3. The molecule has 0 bridgehead atoms. The van der Waals surface area contributed by atoms with Crippen LogP contribution in [-0.4, -0.2) is 44.8 Å². The summed E-state index contributed by atoms with van der Waals surface area (Å²) in [7, 11) is 0. The van der Waals surface area contributed by atoms with Gasteiger partial charge in [0.05, 0.1) is 5.69 Å². The van der Waals surface area contributed by atoms with Crippen molar-refractivity contribution in [3.63, 3.8) is 0 Å². The molecule has 106 valence electrons. The molecule has 1 saturated heterocycles. The van der Waals surface area contributed by atoms with Crippen LogP contribution in [0.25, 0.3) is 0 Å². The van der Waals surface area contributed by atoms with Gasteiger partial charge in [0, 0.05) is 18.1 Å².